The summed E-state index contributed by atoms with van der Waals surface area (Å²) < 4.78 is 16.4. The van der Waals surface area contributed by atoms with E-state index in [1.54, 1.807) is 18.2 Å². The molecule has 0 fully saturated rings. The smallest absolute Gasteiger partial charge is 0.322 e. The summed E-state index contributed by atoms with van der Waals surface area (Å²) in [6.07, 6.45) is 6.11. The predicted octanol–water partition coefficient (Wildman–Crippen LogP) is 3.66. The molecule has 0 radical (unpaired) electrons. The second-order valence-corrected chi connectivity index (χ2v) is 6.62. The molecule has 1 aliphatic heterocycles. The summed E-state index contributed by atoms with van der Waals surface area (Å²) in [4.78, 5) is 14.1. The van der Waals surface area contributed by atoms with Gasteiger partial charge in [-0.3, -0.25) is 4.90 Å². The first-order chi connectivity index (χ1) is 12.7. The molecule has 0 bridgehead atoms. The number of nitrogens with zero attached hydrogens (tertiary/aromatic N) is 4. The first-order valence-corrected chi connectivity index (χ1v) is 9.41. The Morgan fingerprint density at radius 1 is 1.27 bits per heavy atom. The lowest BCUT2D eigenvalue weighted by Crippen LogP contribution is -2.41. The second-order valence-electron chi connectivity index (χ2n) is 6.62. The second kappa shape index (κ2) is 8.78. The fraction of sp³-hybridized carbons (Fsp3) is 0.526. The summed E-state index contributed by atoms with van der Waals surface area (Å²) >= 11 is 0. The third-order valence-corrected chi connectivity index (χ3v) is 4.68. The highest BCUT2D eigenvalue weighted by Gasteiger charge is 2.23. The molecule has 1 aliphatic rings. The number of aromatic nitrogens is 3. The first-order valence-electron chi connectivity index (χ1n) is 9.41. The molecule has 6 nitrogen and oxygen atoms in total. The van der Waals surface area contributed by atoms with E-state index >= 15 is 0 Å². The van der Waals surface area contributed by atoms with Gasteiger partial charge in [-0.15, -0.1) is 10.2 Å². The lowest BCUT2D eigenvalue weighted by Gasteiger charge is -2.23. The molecule has 3 rings (SSSR count). The summed E-state index contributed by atoms with van der Waals surface area (Å²) in [7, 11) is 0. The van der Waals surface area contributed by atoms with Crippen molar-refractivity contribution in [2.75, 3.05) is 11.4 Å². The number of urea groups is 1. The minimum absolute atomic E-state index is 0.200. The number of nitrogens with one attached hydrogen (secondary N) is 1. The standard InChI is InChI=1S/C19H26FN5O/c1-2-3-12-21-19(26)25(16-10-7-6-9-15(16)20)14-18-23-22-17-11-5-4-8-13-24(17)18/h6-7,9-10H,2-5,8,11-14H2,1H3,(H,21,26). The van der Waals surface area contributed by atoms with Crippen LogP contribution >= 0.6 is 0 Å². The Kier molecular flexibility index (Phi) is 6.20. The van der Waals surface area contributed by atoms with Gasteiger partial charge in [0.2, 0.25) is 0 Å². The lowest BCUT2D eigenvalue weighted by atomic mass is 10.2. The van der Waals surface area contributed by atoms with E-state index < -0.39 is 5.82 Å². The van der Waals surface area contributed by atoms with E-state index in [2.05, 4.69) is 27.0 Å². The van der Waals surface area contributed by atoms with Crippen LogP contribution in [0.25, 0.3) is 0 Å². The van der Waals surface area contributed by atoms with E-state index in [1.807, 2.05) is 0 Å². The number of carbonyl (C=O) groups excluding carboxylic acids is 1. The molecule has 1 N–H and O–H groups in total. The molecule has 1 aromatic carbocycles. The fourth-order valence-electron chi connectivity index (χ4n) is 3.21. The van der Waals surface area contributed by atoms with Crippen molar-refractivity contribution in [1.82, 2.24) is 20.1 Å². The molecule has 2 heterocycles. The minimum Gasteiger partial charge on any atom is -0.338 e. The fourth-order valence-corrected chi connectivity index (χ4v) is 3.21. The Bertz CT molecular complexity index is 745. The number of aryl methyl sites for hydroxylation is 1. The Labute approximate surface area is 153 Å². The SMILES string of the molecule is CCCCNC(=O)N(Cc1nnc2n1CCCCC2)c1ccccc1F. The Balaban J connectivity index is 1.85. The molecule has 7 heteroatoms. The van der Waals surface area contributed by atoms with Crippen LogP contribution in [0.1, 0.15) is 50.7 Å². The van der Waals surface area contributed by atoms with E-state index in [0.29, 0.717) is 12.4 Å². The molecular weight excluding hydrogens is 333 g/mol. The van der Waals surface area contributed by atoms with Gasteiger partial charge in [-0.05, 0) is 31.4 Å². The van der Waals surface area contributed by atoms with Gasteiger partial charge < -0.3 is 9.88 Å². The van der Waals surface area contributed by atoms with Crippen molar-refractivity contribution >= 4 is 11.7 Å². The van der Waals surface area contributed by atoms with Crippen molar-refractivity contribution in [3.63, 3.8) is 0 Å². The van der Waals surface area contributed by atoms with Crippen LogP contribution in [0.2, 0.25) is 0 Å². The van der Waals surface area contributed by atoms with Gasteiger partial charge >= 0.3 is 6.03 Å². The van der Waals surface area contributed by atoms with Gasteiger partial charge in [0.25, 0.3) is 0 Å². The molecule has 26 heavy (non-hydrogen) atoms. The largest absolute Gasteiger partial charge is 0.338 e. The maximum atomic E-state index is 14.4. The number of unbranched alkanes of at least 4 members (excludes halogenated alkanes) is 1. The van der Waals surface area contributed by atoms with E-state index in [9.17, 15) is 9.18 Å². The molecule has 0 saturated heterocycles. The van der Waals surface area contributed by atoms with Crippen molar-refractivity contribution in [2.24, 2.45) is 0 Å². The van der Waals surface area contributed by atoms with Crippen molar-refractivity contribution in [2.45, 2.75) is 58.5 Å². The van der Waals surface area contributed by atoms with Crippen LogP contribution in [-0.4, -0.2) is 27.3 Å². The average Bonchev–Trinajstić information content (AvgIpc) is 2.87. The number of para-hydroxylation sites is 1. The van der Waals surface area contributed by atoms with Crippen LogP contribution < -0.4 is 10.2 Å². The third-order valence-electron chi connectivity index (χ3n) is 4.68. The van der Waals surface area contributed by atoms with Crippen molar-refractivity contribution < 1.29 is 9.18 Å². The molecule has 2 aromatic rings. The van der Waals surface area contributed by atoms with Gasteiger partial charge in [-0.25, -0.2) is 9.18 Å². The molecule has 0 aliphatic carbocycles. The maximum absolute atomic E-state index is 14.4. The summed E-state index contributed by atoms with van der Waals surface area (Å²) in [6.45, 7) is 3.68. The maximum Gasteiger partial charge on any atom is 0.322 e. The van der Waals surface area contributed by atoms with Gasteiger partial charge in [-0.1, -0.05) is 31.9 Å². The number of hydrogen-bond acceptors (Lipinski definition) is 3. The van der Waals surface area contributed by atoms with Gasteiger partial charge in [-0.2, -0.15) is 0 Å². The summed E-state index contributed by atoms with van der Waals surface area (Å²) in [5.74, 6) is 1.24. The highest BCUT2D eigenvalue weighted by molar-refractivity contribution is 5.91. The number of anilines is 1. The van der Waals surface area contributed by atoms with Gasteiger partial charge in [0.1, 0.15) is 11.6 Å². The predicted molar refractivity (Wildman–Crippen MR) is 98.5 cm³/mol. The topological polar surface area (TPSA) is 63.1 Å². The first kappa shape index (κ1) is 18.4. The number of hydrogen-bond donors (Lipinski definition) is 1. The van der Waals surface area contributed by atoms with Crippen molar-refractivity contribution in [3.8, 4) is 0 Å². The number of carbonyl (C=O) groups is 1. The Morgan fingerprint density at radius 3 is 2.92 bits per heavy atom. The molecule has 0 saturated carbocycles. The highest BCUT2D eigenvalue weighted by Crippen LogP contribution is 2.22. The highest BCUT2D eigenvalue weighted by atomic mass is 19.1. The quantitative estimate of drug-likeness (QED) is 0.801. The lowest BCUT2D eigenvalue weighted by molar-refractivity contribution is 0.245. The number of benzene rings is 1. The molecule has 1 aromatic heterocycles. The van der Waals surface area contributed by atoms with Crippen LogP contribution in [0.5, 0.6) is 0 Å². The van der Waals surface area contributed by atoms with Crippen molar-refractivity contribution in [3.05, 3.63) is 41.7 Å². The van der Waals surface area contributed by atoms with E-state index in [4.69, 9.17) is 0 Å². The monoisotopic (exact) mass is 359 g/mol. The number of halogens is 1. The van der Waals surface area contributed by atoms with Crippen LogP contribution in [0.4, 0.5) is 14.9 Å². The van der Waals surface area contributed by atoms with Crippen molar-refractivity contribution in [1.29, 1.82) is 0 Å². The van der Waals surface area contributed by atoms with E-state index in [-0.39, 0.29) is 18.3 Å². The average molecular weight is 359 g/mol. The minimum atomic E-state index is -0.422. The summed E-state index contributed by atoms with van der Waals surface area (Å²) in [6, 6.07) is 6.03. The Morgan fingerprint density at radius 2 is 2.12 bits per heavy atom. The van der Waals surface area contributed by atoms with E-state index in [0.717, 1.165) is 50.9 Å². The van der Waals surface area contributed by atoms with Crippen LogP contribution in [-0.2, 0) is 19.5 Å². The third kappa shape index (κ3) is 4.20. The van der Waals surface area contributed by atoms with E-state index in [1.165, 1.54) is 11.0 Å². The number of amides is 2. The van der Waals surface area contributed by atoms with Crippen LogP contribution in [0, 0.1) is 5.82 Å². The number of rotatable bonds is 6. The van der Waals surface area contributed by atoms with Crippen LogP contribution in [0.3, 0.4) is 0 Å². The van der Waals surface area contributed by atoms with Gasteiger partial charge in [0.15, 0.2) is 5.82 Å². The zero-order valence-electron chi connectivity index (χ0n) is 15.2. The normalized spacial score (nSPS) is 13.8. The molecule has 0 atom stereocenters. The summed E-state index contributed by atoms with van der Waals surface area (Å²) in [5, 5.41) is 11.4. The molecular formula is C19H26FN5O. The van der Waals surface area contributed by atoms with Gasteiger partial charge in [0.05, 0.1) is 12.2 Å². The molecule has 0 spiro atoms. The Hall–Kier alpha value is -2.44. The molecule has 2 amide bonds. The van der Waals surface area contributed by atoms with Gasteiger partial charge in [0, 0.05) is 19.5 Å². The number of fused-ring (bicyclic) bond motifs is 1. The molecule has 140 valence electrons. The zero-order valence-corrected chi connectivity index (χ0v) is 15.2. The molecule has 0 unspecified atom stereocenters. The summed E-state index contributed by atoms with van der Waals surface area (Å²) in [5.41, 5.74) is 0.257. The van der Waals surface area contributed by atoms with Crippen LogP contribution in [0.15, 0.2) is 24.3 Å². The zero-order chi connectivity index (χ0) is 18.4.